The van der Waals surface area contributed by atoms with Crippen molar-refractivity contribution in [3.8, 4) is 0 Å². The van der Waals surface area contributed by atoms with E-state index in [2.05, 4.69) is 42.2 Å². The van der Waals surface area contributed by atoms with E-state index in [1.165, 1.54) is 18.5 Å². The zero-order valence-corrected chi connectivity index (χ0v) is 12.9. The Morgan fingerprint density at radius 1 is 1.15 bits per heavy atom. The van der Waals surface area contributed by atoms with Crippen LogP contribution in [-0.4, -0.2) is 35.2 Å². The molecule has 2 nitrogen and oxygen atoms in total. The molecule has 0 amide bonds. The average Bonchev–Trinajstić information content (AvgIpc) is 2.63. The molecule has 1 aromatic carbocycles. The maximum Gasteiger partial charge on any atom is 0.0660 e. The molecule has 1 aliphatic rings. The van der Waals surface area contributed by atoms with Crippen molar-refractivity contribution >= 4 is 0 Å². The number of hydrogen-bond acceptors (Lipinski definition) is 2. The Balaban J connectivity index is 1.76. The van der Waals surface area contributed by atoms with E-state index < -0.39 is 5.60 Å². The maximum absolute atomic E-state index is 10.8. The van der Waals surface area contributed by atoms with Gasteiger partial charge in [0.25, 0.3) is 0 Å². The zero-order chi connectivity index (χ0) is 14.3. The minimum atomic E-state index is -0.419. The summed E-state index contributed by atoms with van der Waals surface area (Å²) in [7, 11) is 0. The van der Waals surface area contributed by atoms with Crippen LogP contribution in [0.4, 0.5) is 0 Å². The maximum atomic E-state index is 10.8. The number of benzene rings is 1. The third-order valence-electron chi connectivity index (χ3n) is 4.50. The van der Waals surface area contributed by atoms with Crippen molar-refractivity contribution in [3.05, 3.63) is 35.9 Å². The second kappa shape index (κ2) is 7.80. The van der Waals surface area contributed by atoms with Crippen LogP contribution < -0.4 is 0 Å². The molecule has 0 spiro atoms. The lowest BCUT2D eigenvalue weighted by Crippen LogP contribution is -2.31. The van der Waals surface area contributed by atoms with Gasteiger partial charge in [-0.05, 0) is 63.6 Å². The smallest absolute Gasteiger partial charge is 0.0660 e. The molecule has 1 saturated heterocycles. The van der Waals surface area contributed by atoms with Crippen LogP contribution in [0.1, 0.15) is 51.0 Å². The molecule has 1 aliphatic heterocycles. The number of hydrogen-bond donors (Lipinski definition) is 1. The van der Waals surface area contributed by atoms with E-state index in [1.807, 2.05) is 0 Å². The van der Waals surface area contributed by atoms with E-state index in [0.29, 0.717) is 0 Å². The molecule has 1 unspecified atom stereocenters. The molecule has 2 rings (SSSR count). The topological polar surface area (TPSA) is 23.5 Å². The highest BCUT2D eigenvalue weighted by Gasteiger charge is 2.29. The van der Waals surface area contributed by atoms with Crippen molar-refractivity contribution < 1.29 is 5.11 Å². The molecule has 1 heterocycles. The third kappa shape index (κ3) is 4.92. The first-order chi connectivity index (χ1) is 9.72. The largest absolute Gasteiger partial charge is 0.390 e. The summed E-state index contributed by atoms with van der Waals surface area (Å²) in [6.07, 6.45) is 7.40. The van der Waals surface area contributed by atoms with Crippen molar-refractivity contribution in [1.82, 2.24) is 4.90 Å². The Morgan fingerprint density at radius 3 is 2.70 bits per heavy atom. The SMILES string of the molecule is CCCN1CCCC(O)(CCCc2ccccc2)CC1. The van der Waals surface area contributed by atoms with Gasteiger partial charge >= 0.3 is 0 Å². The van der Waals surface area contributed by atoms with E-state index in [-0.39, 0.29) is 0 Å². The van der Waals surface area contributed by atoms with Crippen LogP contribution in [0.3, 0.4) is 0 Å². The van der Waals surface area contributed by atoms with E-state index in [1.54, 1.807) is 0 Å². The molecule has 1 atom stereocenters. The molecular formula is C18H29NO. The van der Waals surface area contributed by atoms with Gasteiger partial charge in [0.2, 0.25) is 0 Å². The van der Waals surface area contributed by atoms with Gasteiger partial charge in [-0.15, -0.1) is 0 Å². The average molecular weight is 275 g/mol. The van der Waals surface area contributed by atoms with Gasteiger partial charge in [-0.1, -0.05) is 37.3 Å². The predicted octanol–water partition coefficient (Wildman–Crippen LogP) is 3.64. The molecule has 20 heavy (non-hydrogen) atoms. The van der Waals surface area contributed by atoms with Crippen molar-refractivity contribution in [2.45, 2.75) is 57.5 Å². The Kier molecular flexibility index (Phi) is 6.06. The van der Waals surface area contributed by atoms with Crippen LogP contribution >= 0.6 is 0 Å². The van der Waals surface area contributed by atoms with Crippen LogP contribution in [-0.2, 0) is 6.42 Å². The van der Waals surface area contributed by atoms with Gasteiger partial charge in [-0.3, -0.25) is 0 Å². The fourth-order valence-electron chi connectivity index (χ4n) is 3.29. The molecule has 0 aliphatic carbocycles. The lowest BCUT2D eigenvalue weighted by molar-refractivity contribution is 0.0152. The summed E-state index contributed by atoms with van der Waals surface area (Å²) < 4.78 is 0. The van der Waals surface area contributed by atoms with Crippen molar-refractivity contribution in [3.63, 3.8) is 0 Å². The quantitative estimate of drug-likeness (QED) is 0.857. The van der Waals surface area contributed by atoms with Crippen molar-refractivity contribution in [2.75, 3.05) is 19.6 Å². The van der Waals surface area contributed by atoms with Gasteiger partial charge in [0.15, 0.2) is 0 Å². The lowest BCUT2D eigenvalue weighted by atomic mass is 9.88. The van der Waals surface area contributed by atoms with Gasteiger partial charge in [-0.25, -0.2) is 0 Å². The number of nitrogens with zero attached hydrogens (tertiary/aromatic N) is 1. The summed E-state index contributed by atoms with van der Waals surface area (Å²) in [5, 5.41) is 10.8. The van der Waals surface area contributed by atoms with Gasteiger partial charge in [0.05, 0.1) is 5.60 Å². The van der Waals surface area contributed by atoms with Crippen LogP contribution in [0.5, 0.6) is 0 Å². The highest BCUT2D eigenvalue weighted by molar-refractivity contribution is 5.14. The van der Waals surface area contributed by atoms with Gasteiger partial charge < -0.3 is 10.0 Å². The molecule has 2 heteroatoms. The fraction of sp³-hybridized carbons (Fsp3) is 0.667. The molecule has 0 aromatic heterocycles. The van der Waals surface area contributed by atoms with E-state index in [4.69, 9.17) is 0 Å². The summed E-state index contributed by atoms with van der Waals surface area (Å²) >= 11 is 0. The number of likely N-dealkylation sites (tertiary alicyclic amines) is 1. The molecule has 1 fully saturated rings. The molecule has 0 bridgehead atoms. The number of rotatable bonds is 6. The van der Waals surface area contributed by atoms with Crippen LogP contribution in [0.2, 0.25) is 0 Å². The number of aliphatic hydroxyl groups is 1. The van der Waals surface area contributed by atoms with E-state index in [0.717, 1.165) is 51.6 Å². The van der Waals surface area contributed by atoms with Crippen LogP contribution in [0.25, 0.3) is 0 Å². The highest BCUT2D eigenvalue weighted by atomic mass is 16.3. The predicted molar refractivity (Wildman–Crippen MR) is 84.9 cm³/mol. The second-order valence-electron chi connectivity index (χ2n) is 6.26. The fourth-order valence-corrected chi connectivity index (χ4v) is 3.29. The Bertz CT molecular complexity index is 378. The van der Waals surface area contributed by atoms with Crippen LogP contribution in [0, 0.1) is 0 Å². The lowest BCUT2D eigenvalue weighted by Gasteiger charge is -2.27. The summed E-state index contributed by atoms with van der Waals surface area (Å²) in [5.74, 6) is 0. The molecule has 1 aromatic rings. The Hall–Kier alpha value is -0.860. The standard InChI is InChI=1S/C18H29NO/c1-2-14-19-15-7-12-18(20,13-16-19)11-6-10-17-8-4-3-5-9-17/h3-5,8-9,20H,2,6-7,10-16H2,1H3. The molecule has 0 radical (unpaired) electrons. The first kappa shape index (κ1) is 15.5. The Morgan fingerprint density at radius 2 is 1.95 bits per heavy atom. The summed E-state index contributed by atoms with van der Waals surface area (Å²) in [6.45, 7) is 5.64. The summed E-state index contributed by atoms with van der Waals surface area (Å²) in [5.41, 5.74) is 0.967. The first-order valence-corrected chi connectivity index (χ1v) is 8.20. The molecule has 0 saturated carbocycles. The van der Waals surface area contributed by atoms with Gasteiger partial charge in [0, 0.05) is 6.54 Å². The minimum Gasteiger partial charge on any atom is -0.390 e. The monoisotopic (exact) mass is 275 g/mol. The summed E-state index contributed by atoms with van der Waals surface area (Å²) in [4.78, 5) is 2.51. The normalized spacial score (nSPS) is 24.5. The first-order valence-electron chi connectivity index (χ1n) is 8.20. The second-order valence-corrected chi connectivity index (χ2v) is 6.26. The zero-order valence-electron chi connectivity index (χ0n) is 12.9. The van der Waals surface area contributed by atoms with Crippen molar-refractivity contribution in [1.29, 1.82) is 0 Å². The number of aryl methyl sites for hydroxylation is 1. The molecular weight excluding hydrogens is 246 g/mol. The van der Waals surface area contributed by atoms with E-state index in [9.17, 15) is 5.11 Å². The molecule has 112 valence electrons. The Labute approximate surface area is 123 Å². The van der Waals surface area contributed by atoms with Gasteiger partial charge in [0.1, 0.15) is 0 Å². The van der Waals surface area contributed by atoms with Gasteiger partial charge in [-0.2, -0.15) is 0 Å². The van der Waals surface area contributed by atoms with E-state index >= 15 is 0 Å². The minimum absolute atomic E-state index is 0.419. The van der Waals surface area contributed by atoms with Crippen LogP contribution in [0.15, 0.2) is 30.3 Å². The third-order valence-corrected chi connectivity index (χ3v) is 4.50. The summed E-state index contributed by atoms with van der Waals surface area (Å²) in [6, 6.07) is 10.6. The molecule has 1 N–H and O–H groups in total. The van der Waals surface area contributed by atoms with Crippen molar-refractivity contribution in [2.24, 2.45) is 0 Å². The highest BCUT2D eigenvalue weighted by Crippen LogP contribution is 2.27.